The lowest BCUT2D eigenvalue weighted by molar-refractivity contribution is 0.0831. The van der Waals surface area contributed by atoms with Crippen LogP contribution in [0.2, 0.25) is 0 Å². The molecule has 3 heterocycles. The van der Waals surface area contributed by atoms with Crippen molar-refractivity contribution < 1.29 is 9.53 Å². The van der Waals surface area contributed by atoms with Crippen molar-refractivity contribution in [2.45, 2.75) is 45.2 Å². The van der Waals surface area contributed by atoms with Crippen molar-refractivity contribution in [3.8, 4) is 0 Å². The van der Waals surface area contributed by atoms with Crippen LogP contribution in [0.15, 0.2) is 18.6 Å². The van der Waals surface area contributed by atoms with Gasteiger partial charge in [0.2, 0.25) is 0 Å². The van der Waals surface area contributed by atoms with Gasteiger partial charge >= 0.3 is 0 Å². The highest BCUT2D eigenvalue weighted by Crippen LogP contribution is 2.28. The maximum Gasteiger partial charge on any atom is 0.255 e. The number of nitrogens with one attached hydrogen (secondary N) is 2. The van der Waals surface area contributed by atoms with E-state index >= 15 is 0 Å². The van der Waals surface area contributed by atoms with Crippen LogP contribution in [0.4, 0.5) is 0 Å². The molecule has 3 rings (SSSR count). The number of amides is 1. The Labute approximate surface area is 135 Å². The van der Waals surface area contributed by atoms with E-state index in [9.17, 15) is 4.79 Å². The molecule has 1 amide bonds. The SMILES string of the molecule is CCn1ccnc1C(C)NC(=O)c1cn[nH]c1C1CCOCC1. The molecule has 124 valence electrons. The van der Waals surface area contributed by atoms with Gasteiger partial charge in [0, 0.05) is 38.1 Å². The van der Waals surface area contributed by atoms with Crippen molar-refractivity contribution >= 4 is 5.91 Å². The van der Waals surface area contributed by atoms with Crippen LogP contribution in [0.5, 0.6) is 0 Å². The third-order valence-corrected chi connectivity index (χ3v) is 4.37. The lowest BCUT2D eigenvalue weighted by Gasteiger charge is -2.22. The van der Waals surface area contributed by atoms with E-state index in [0.717, 1.165) is 44.1 Å². The predicted molar refractivity (Wildman–Crippen MR) is 85.2 cm³/mol. The zero-order valence-electron chi connectivity index (χ0n) is 13.6. The summed E-state index contributed by atoms with van der Waals surface area (Å²) in [7, 11) is 0. The minimum Gasteiger partial charge on any atom is -0.381 e. The molecule has 7 nitrogen and oxygen atoms in total. The first-order chi connectivity index (χ1) is 11.2. The Balaban J connectivity index is 1.72. The second-order valence-corrected chi connectivity index (χ2v) is 5.85. The molecule has 0 saturated carbocycles. The lowest BCUT2D eigenvalue weighted by atomic mass is 9.93. The van der Waals surface area contributed by atoms with Crippen molar-refractivity contribution in [2.75, 3.05) is 13.2 Å². The number of carbonyl (C=O) groups is 1. The molecule has 1 aliphatic heterocycles. The smallest absolute Gasteiger partial charge is 0.255 e. The molecule has 0 aliphatic carbocycles. The number of aryl methyl sites for hydroxylation is 1. The minimum absolute atomic E-state index is 0.113. The Bertz CT molecular complexity index is 657. The molecule has 1 aliphatic rings. The number of hydrogen-bond donors (Lipinski definition) is 2. The number of H-pyrrole nitrogens is 1. The summed E-state index contributed by atoms with van der Waals surface area (Å²) in [6.07, 6.45) is 7.12. The summed E-state index contributed by atoms with van der Waals surface area (Å²) < 4.78 is 7.42. The van der Waals surface area contributed by atoms with Gasteiger partial charge in [0.1, 0.15) is 5.82 Å². The van der Waals surface area contributed by atoms with Crippen LogP contribution < -0.4 is 5.32 Å². The van der Waals surface area contributed by atoms with Gasteiger partial charge in [-0.15, -0.1) is 0 Å². The van der Waals surface area contributed by atoms with Gasteiger partial charge in [0.25, 0.3) is 5.91 Å². The second kappa shape index (κ2) is 6.95. The van der Waals surface area contributed by atoms with Gasteiger partial charge < -0.3 is 14.6 Å². The highest BCUT2D eigenvalue weighted by Gasteiger charge is 2.25. The van der Waals surface area contributed by atoms with Crippen LogP contribution in [0, 0.1) is 0 Å². The van der Waals surface area contributed by atoms with Gasteiger partial charge in [-0.2, -0.15) is 5.10 Å². The average molecular weight is 317 g/mol. The molecule has 2 N–H and O–H groups in total. The van der Waals surface area contributed by atoms with Gasteiger partial charge in [0.15, 0.2) is 0 Å². The van der Waals surface area contributed by atoms with E-state index in [1.807, 2.05) is 17.7 Å². The van der Waals surface area contributed by atoms with E-state index < -0.39 is 0 Å². The molecule has 0 spiro atoms. The Kier molecular flexibility index (Phi) is 4.76. The van der Waals surface area contributed by atoms with E-state index in [4.69, 9.17) is 4.74 Å². The summed E-state index contributed by atoms with van der Waals surface area (Å²) in [5.41, 5.74) is 1.54. The number of aromatic nitrogens is 4. The minimum atomic E-state index is -0.158. The van der Waals surface area contributed by atoms with Crippen LogP contribution in [0.25, 0.3) is 0 Å². The van der Waals surface area contributed by atoms with E-state index in [2.05, 4.69) is 27.4 Å². The summed E-state index contributed by atoms with van der Waals surface area (Å²) in [6, 6.07) is -0.158. The van der Waals surface area contributed by atoms with Crippen LogP contribution in [-0.4, -0.2) is 38.9 Å². The normalized spacial score (nSPS) is 17.1. The number of aromatic amines is 1. The number of hydrogen-bond acceptors (Lipinski definition) is 4. The molecule has 0 radical (unpaired) electrons. The second-order valence-electron chi connectivity index (χ2n) is 5.85. The summed E-state index contributed by atoms with van der Waals surface area (Å²) in [4.78, 5) is 17.0. The first-order valence-electron chi connectivity index (χ1n) is 8.13. The third kappa shape index (κ3) is 3.29. The van der Waals surface area contributed by atoms with Crippen LogP contribution in [-0.2, 0) is 11.3 Å². The van der Waals surface area contributed by atoms with Crippen molar-refractivity contribution in [3.63, 3.8) is 0 Å². The molecule has 23 heavy (non-hydrogen) atoms. The Morgan fingerprint density at radius 1 is 1.52 bits per heavy atom. The number of rotatable bonds is 5. The van der Waals surface area contributed by atoms with E-state index in [0.29, 0.717) is 11.5 Å². The van der Waals surface area contributed by atoms with Crippen molar-refractivity contribution in [1.29, 1.82) is 0 Å². The summed E-state index contributed by atoms with van der Waals surface area (Å²) in [5, 5.41) is 10.1. The molecule has 1 fully saturated rings. The first-order valence-corrected chi connectivity index (χ1v) is 8.13. The number of ether oxygens (including phenoxy) is 1. The van der Waals surface area contributed by atoms with Crippen molar-refractivity contribution in [2.24, 2.45) is 0 Å². The maximum absolute atomic E-state index is 12.6. The van der Waals surface area contributed by atoms with E-state index in [-0.39, 0.29) is 11.9 Å². The first kappa shape index (κ1) is 15.7. The fourth-order valence-corrected chi connectivity index (χ4v) is 3.08. The van der Waals surface area contributed by atoms with Crippen LogP contribution in [0.3, 0.4) is 0 Å². The maximum atomic E-state index is 12.6. The fraction of sp³-hybridized carbons (Fsp3) is 0.562. The fourth-order valence-electron chi connectivity index (χ4n) is 3.08. The molecule has 1 saturated heterocycles. The molecule has 0 bridgehead atoms. The van der Waals surface area contributed by atoms with Gasteiger partial charge in [-0.1, -0.05) is 0 Å². The summed E-state index contributed by atoms with van der Waals surface area (Å²) >= 11 is 0. The Morgan fingerprint density at radius 3 is 3.04 bits per heavy atom. The van der Waals surface area contributed by atoms with E-state index in [1.54, 1.807) is 12.4 Å². The largest absolute Gasteiger partial charge is 0.381 e. The van der Waals surface area contributed by atoms with Gasteiger partial charge in [-0.25, -0.2) is 4.98 Å². The predicted octanol–water partition coefficient (Wildman–Crippen LogP) is 2.01. The molecule has 0 aromatic carbocycles. The summed E-state index contributed by atoms with van der Waals surface area (Å²) in [5.74, 6) is 1.05. The highest BCUT2D eigenvalue weighted by atomic mass is 16.5. The topological polar surface area (TPSA) is 84.8 Å². The lowest BCUT2D eigenvalue weighted by Crippen LogP contribution is -2.29. The highest BCUT2D eigenvalue weighted by molar-refractivity contribution is 5.95. The van der Waals surface area contributed by atoms with Crippen LogP contribution in [0.1, 0.15) is 60.5 Å². The molecule has 7 heteroatoms. The van der Waals surface area contributed by atoms with Crippen molar-refractivity contribution in [3.05, 3.63) is 35.7 Å². The molecule has 2 aromatic rings. The molecule has 1 unspecified atom stereocenters. The zero-order valence-corrected chi connectivity index (χ0v) is 13.6. The van der Waals surface area contributed by atoms with Gasteiger partial charge in [0.05, 0.1) is 23.5 Å². The summed E-state index contributed by atoms with van der Waals surface area (Å²) in [6.45, 7) is 6.29. The Morgan fingerprint density at radius 2 is 2.30 bits per heavy atom. The molecule has 2 aromatic heterocycles. The average Bonchev–Trinajstić information content (AvgIpc) is 3.24. The van der Waals surface area contributed by atoms with Crippen LogP contribution >= 0.6 is 0 Å². The molecule has 1 atom stereocenters. The molecular formula is C16H23N5O2. The third-order valence-electron chi connectivity index (χ3n) is 4.37. The zero-order chi connectivity index (χ0) is 16.2. The van der Waals surface area contributed by atoms with Gasteiger partial charge in [-0.05, 0) is 26.7 Å². The number of carbonyl (C=O) groups excluding carboxylic acids is 1. The number of nitrogens with zero attached hydrogens (tertiary/aromatic N) is 3. The Hall–Kier alpha value is -2.15. The van der Waals surface area contributed by atoms with Gasteiger partial charge in [-0.3, -0.25) is 9.89 Å². The quantitative estimate of drug-likeness (QED) is 0.883. The van der Waals surface area contributed by atoms with E-state index in [1.165, 1.54) is 0 Å². The van der Waals surface area contributed by atoms with Crippen molar-refractivity contribution in [1.82, 2.24) is 25.1 Å². The standard InChI is InChI=1S/C16H23N5O2/c1-3-21-7-6-17-15(21)11(2)19-16(22)13-10-18-20-14(13)12-4-8-23-9-5-12/h6-7,10-12H,3-5,8-9H2,1-2H3,(H,18,20)(H,19,22). The number of imidazole rings is 1. The molecular weight excluding hydrogens is 294 g/mol. The monoisotopic (exact) mass is 317 g/mol.